The Balaban J connectivity index is 1.46. The van der Waals surface area contributed by atoms with Crippen molar-refractivity contribution in [3.8, 4) is 6.07 Å². The van der Waals surface area contributed by atoms with Gasteiger partial charge in [-0.05, 0) is 56.7 Å². The van der Waals surface area contributed by atoms with Crippen molar-refractivity contribution in [3.63, 3.8) is 0 Å². The van der Waals surface area contributed by atoms with Crippen LogP contribution in [0.25, 0.3) is 0 Å². The first-order valence-electron chi connectivity index (χ1n) is 11.7. The lowest BCUT2D eigenvalue weighted by Crippen LogP contribution is -2.37. The second kappa shape index (κ2) is 13.4. The number of ether oxygens (including phenoxy) is 1. The highest BCUT2D eigenvalue weighted by molar-refractivity contribution is 5.76. The van der Waals surface area contributed by atoms with Crippen LogP contribution in [0.2, 0.25) is 0 Å². The van der Waals surface area contributed by atoms with Gasteiger partial charge in [-0.25, -0.2) is 19.7 Å². The fourth-order valence-electron chi connectivity index (χ4n) is 3.89. The molecule has 3 rings (SSSR count). The van der Waals surface area contributed by atoms with Crippen molar-refractivity contribution in [3.05, 3.63) is 41.3 Å². The molecule has 1 aliphatic heterocycles. The zero-order valence-electron chi connectivity index (χ0n) is 19.7. The first-order valence-corrected chi connectivity index (χ1v) is 11.7. The molecule has 34 heavy (non-hydrogen) atoms. The topological polar surface area (TPSA) is 136 Å². The summed E-state index contributed by atoms with van der Waals surface area (Å²) in [5.74, 6) is 0.262. The fourth-order valence-corrected chi connectivity index (χ4v) is 3.89. The van der Waals surface area contributed by atoms with E-state index >= 15 is 0 Å². The molecule has 3 heterocycles. The van der Waals surface area contributed by atoms with Gasteiger partial charge in [-0.1, -0.05) is 6.07 Å². The Labute approximate surface area is 200 Å². The number of pyridine rings is 1. The zero-order valence-corrected chi connectivity index (χ0v) is 19.7. The summed E-state index contributed by atoms with van der Waals surface area (Å²) in [6, 6.07) is 5.43. The number of nitrogens with zero attached hydrogens (tertiary/aromatic N) is 5. The minimum atomic E-state index is -0.966. The molecule has 0 unspecified atom stereocenters. The Kier molecular flexibility index (Phi) is 10.0. The number of methoxy groups -OCH3 is 1. The number of aliphatic carboxylic acids is 1. The van der Waals surface area contributed by atoms with E-state index in [9.17, 15) is 9.90 Å². The van der Waals surface area contributed by atoms with E-state index in [0.29, 0.717) is 25.1 Å². The van der Waals surface area contributed by atoms with Gasteiger partial charge in [0.25, 0.3) is 0 Å². The molecule has 0 aromatic carbocycles. The largest absolute Gasteiger partial charge is 0.480 e. The summed E-state index contributed by atoms with van der Waals surface area (Å²) in [7, 11) is 1.66. The summed E-state index contributed by atoms with van der Waals surface area (Å²) in [5, 5.41) is 24.7. The van der Waals surface area contributed by atoms with E-state index in [1.165, 1.54) is 18.0 Å². The van der Waals surface area contributed by atoms with Gasteiger partial charge >= 0.3 is 5.97 Å². The molecule has 10 nitrogen and oxygen atoms in total. The van der Waals surface area contributed by atoms with Crippen LogP contribution in [0, 0.1) is 11.3 Å². The Morgan fingerprint density at radius 1 is 1.29 bits per heavy atom. The lowest BCUT2D eigenvalue weighted by atomic mass is 10.1. The fraction of sp³-hybridized carbons (Fsp3) is 0.542. The van der Waals surface area contributed by atoms with Gasteiger partial charge in [0.15, 0.2) is 0 Å². The highest BCUT2D eigenvalue weighted by Gasteiger charge is 2.20. The van der Waals surface area contributed by atoms with Crippen molar-refractivity contribution >= 4 is 17.7 Å². The molecule has 182 valence electrons. The van der Waals surface area contributed by atoms with Crippen molar-refractivity contribution < 1.29 is 14.6 Å². The molecular weight excluding hydrogens is 434 g/mol. The Morgan fingerprint density at radius 3 is 2.85 bits per heavy atom. The van der Waals surface area contributed by atoms with Gasteiger partial charge in [-0.15, -0.1) is 0 Å². The third kappa shape index (κ3) is 7.93. The summed E-state index contributed by atoms with van der Waals surface area (Å²) in [6.07, 6.45) is 8.29. The van der Waals surface area contributed by atoms with Crippen LogP contribution in [0.15, 0.2) is 24.5 Å². The Bertz CT molecular complexity index is 962. The molecule has 0 fully saturated rings. The first kappa shape index (κ1) is 25.3. The summed E-state index contributed by atoms with van der Waals surface area (Å²) >= 11 is 0. The van der Waals surface area contributed by atoms with Crippen LogP contribution in [0.4, 0.5) is 11.8 Å². The molecule has 10 heteroatoms. The Morgan fingerprint density at radius 2 is 2.12 bits per heavy atom. The van der Waals surface area contributed by atoms with E-state index in [-0.39, 0.29) is 5.95 Å². The van der Waals surface area contributed by atoms with E-state index in [4.69, 9.17) is 15.0 Å². The van der Waals surface area contributed by atoms with Crippen LogP contribution in [0.1, 0.15) is 42.5 Å². The van der Waals surface area contributed by atoms with Crippen LogP contribution in [-0.4, -0.2) is 76.9 Å². The molecule has 1 atom stereocenters. The summed E-state index contributed by atoms with van der Waals surface area (Å²) in [4.78, 5) is 26.8. The van der Waals surface area contributed by atoms with E-state index in [1.807, 2.05) is 6.07 Å². The third-order valence-corrected chi connectivity index (χ3v) is 5.84. The summed E-state index contributed by atoms with van der Waals surface area (Å²) < 4.78 is 5.24. The zero-order chi connectivity index (χ0) is 24.2. The second-order valence-corrected chi connectivity index (χ2v) is 8.36. The quantitative estimate of drug-likeness (QED) is 0.355. The number of aryl methyl sites for hydroxylation is 2. The van der Waals surface area contributed by atoms with Gasteiger partial charge in [0.05, 0.1) is 24.6 Å². The molecular formula is C24H33N7O3. The molecule has 3 N–H and O–H groups in total. The first-order chi connectivity index (χ1) is 16.6. The summed E-state index contributed by atoms with van der Waals surface area (Å²) in [6.45, 7) is 3.76. The van der Waals surface area contributed by atoms with Gasteiger partial charge in [0.2, 0.25) is 5.95 Å². The van der Waals surface area contributed by atoms with Crippen LogP contribution in [0.3, 0.4) is 0 Å². The van der Waals surface area contributed by atoms with E-state index in [0.717, 1.165) is 63.3 Å². The van der Waals surface area contributed by atoms with E-state index in [2.05, 4.69) is 37.6 Å². The van der Waals surface area contributed by atoms with E-state index in [1.54, 1.807) is 7.11 Å². The van der Waals surface area contributed by atoms with E-state index < -0.39 is 12.0 Å². The van der Waals surface area contributed by atoms with Crippen LogP contribution in [0.5, 0.6) is 0 Å². The van der Waals surface area contributed by atoms with Gasteiger partial charge in [-0.3, -0.25) is 0 Å². The van der Waals surface area contributed by atoms with Gasteiger partial charge in [0.1, 0.15) is 17.9 Å². The number of nitrogens with one attached hydrogen (secondary N) is 2. The van der Waals surface area contributed by atoms with Gasteiger partial charge < -0.3 is 25.4 Å². The molecule has 2 aromatic heterocycles. The maximum Gasteiger partial charge on any atom is 0.326 e. The molecule has 2 aromatic rings. The van der Waals surface area contributed by atoms with Crippen molar-refractivity contribution in [2.45, 2.75) is 44.6 Å². The van der Waals surface area contributed by atoms with Gasteiger partial charge in [-0.2, -0.15) is 5.26 Å². The molecule has 1 aliphatic rings. The van der Waals surface area contributed by atoms with Crippen molar-refractivity contribution in [1.82, 2.24) is 19.9 Å². The molecule has 0 aliphatic carbocycles. The molecule has 0 saturated heterocycles. The monoisotopic (exact) mass is 467 g/mol. The summed E-state index contributed by atoms with van der Waals surface area (Å²) in [5.41, 5.74) is 2.73. The van der Waals surface area contributed by atoms with Gasteiger partial charge in [0, 0.05) is 32.4 Å². The third-order valence-electron chi connectivity index (χ3n) is 5.84. The average molecular weight is 468 g/mol. The van der Waals surface area contributed by atoms with Crippen LogP contribution in [-0.2, 0) is 22.4 Å². The highest BCUT2D eigenvalue weighted by Crippen LogP contribution is 2.20. The average Bonchev–Trinajstić information content (AvgIpc) is 2.86. The number of carboxylic acids is 1. The maximum absolute atomic E-state index is 11.7. The number of hydrogen-bond donors (Lipinski definition) is 3. The SMILES string of the molecule is COCCN(CCCCc1ccc2c(n1)NCCC2)CC[C@H](Nc1ncc(C#N)cn1)C(=O)O. The molecule has 0 amide bonds. The lowest BCUT2D eigenvalue weighted by molar-refractivity contribution is -0.138. The number of aromatic nitrogens is 3. The number of fused-ring (bicyclic) bond motifs is 1. The minimum Gasteiger partial charge on any atom is -0.480 e. The number of anilines is 2. The molecule has 0 saturated carbocycles. The minimum absolute atomic E-state index is 0.196. The standard InChI is InChI=1S/C24H33N7O3/c1-34-14-13-31(11-3-2-6-20-8-7-19-5-4-10-26-22(19)29-20)12-9-21(23(32)33)30-24-27-16-18(15-25)17-28-24/h7-8,16-17,21H,2-6,9-14H2,1H3,(H,26,29)(H,32,33)(H,27,28,30)/t21-/m0/s1. The van der Waals surface area contributed by atoms with Crippen molar-refractivity contribution in [2.24, 2.45) is 0 Å². The number of carbonyl (C=O) groups is 1. The van der Waals surface area contributed by atoms with Crippen molar-refractivity contribution in [2.75, 3.05) is 50.5 Å². The number of unbranched alkanes of at least 4 members (excludes halogenated alkanes) is 1. The number of rotatable bonds is 14. The number of nitriles is 1. The smallest absolute Gasteiger partial charge is 0.326 e. The molecule has 0 spiro atoms. The second-order valence-electron chi connectivity index (χ2n) is 8.36. The molecule has 0 radical (unpaired) electrons. The van der Waals surface area contributed by atoms with Crippen molar-refractivity contribution in [1.29, 1.82) is 5.26 Å². The lowest BCUT2D eigenvalue weighted by Gasteiger charge is -2.24. The van der Waals surface area contributed by atoms with Crippen LogP contribution < -0.4 is 10.6 Å². The predicted octanol–water partition coefficient (Wildman–Crippen LogP) is 2.33. The number of hydrogen-bond acceptors (Lipinski definition) is 9. The number of carboxylic acid groups (broad SMARTS) is 1. The van der Waals surface area contributed by atoms with Crippen LogP contribution >= 0.6 is 0 Å². The predicted molar refractivity (Wildman–Crippen MR) is 129 cm³/mol. The molecule has 0 bridgehead atoms. The normalized spacial score (nSPS) is 13.6. The maximum atomic E-state index is 11.7. The highest BCUT2D eigenvalue weighted by atomic mass is 16.5. The Hall–Kier alpha value is -3.29.